The van der Waals surface area contributed by atoms with Crippen LogP contribution < -0.4 is 0 Å². The lowest BCUT2D eigenvalue weighted by atomic mass is 10.0. The van der Waals surface area contributed by atoms with E-state index in [2.05, 4.69) is 79.7 Å². The van der Waals surface area contributed by atoms with Gasteiger partial charge in [0.1, 0.15) is 0 Å². The van der Waals surface area contributed by atoms with Crippen molar-refractivity contribution >= 4 is 35.1 Å². The summed E-state index contributed by atoms with van der Waals surface area (Å²) in [5, 5.41) is 2.31. The van der Waals surface area contributed by atoms with E-state index in [-0.39, 0.29) is 12.4 Å². The minimum absolute atomic E-state index is 0. The number of benzene rings is 2. The maximum Gasteiger partial charge on any atom is 0.0974 e. The van der Waals surface area contributed by atoms with E-state index in [0.717, 1.165) is 22.8 Å². The third-order valence-corrected chi connectivity index (χ3v) is 4.46. The standard InChI is InChI=1S/C19H20N2S.ClH/c1-21(2)12-13-22-19-14-17(15-8-4-3-5-9-15)16-10-6-7-11-18(16)20-19;/h3-11,14H,12-13H2,1-2H3;1H. The zero-order valence-electron chi connectivity index (χ0n) is 13.4. The number of aromatic nitrogens is 1. The largest absolute Gasteiger partial charge is 0.309 e. The van der Waals surface area contributed by atoms with E-state index in [1.54, 1.807) is 0 Å². The van der Waals surface area contributed by atoms with Gasteiger partial charge in [0.25, 0.3) is 0 Å². The Hall–Kier alpha value is -1.55. The van der Waals surface area contributed by atoms with Crippen molar-refractivity contribution in [1.29, 1.82) is 0 Å². The highest BCUT2D eigenvalue weighted by Crippen LogP contribution is 2.31. The molecule has 2 nitrogen and oxygen atoms in total. The van der Waals surface area contributed by atoms with E-state index in [1.807, 2.05) is 11.8 Å². The number of nitrogens with zero attached hydrogens (tertiary/aromatic N) is 2. The normalized spacial score (nSPS) is 10.7. The summed E-state index contributed by atoms with van der Waals surface area (Å²) < 4.78 is 0. The molecule has 0 amide bonds. The molecule has 1 heterocycles. The van der Waals surface area contributed by atoms with E-state index >= 15 is 0 Å². The molecule has 0 saturated carbocycles. The van der Waals surface area contributed by atoms with Crippen molar-refractivity contribution in [1.82, 2.24) is 9.88 Å². The quantitative estimate of drug-likeness (QED) is 0.607. The van der Waals surface area contributed by atoms with Crippen LogP contribution in [0.2, 0.25) is 0 Å². The fraction of sp³-hybridized carbons (Fsp3) is 0.211. The Morgan fingerprint density at radius 1 is 0.957 bits per heavy atom. The Bertz CT molecular complexity index is 760. The molecular formula is C19H21ClN2S. The van der Waals surface area contributed by atoms with Gasteiger partial charge in [-0.2, -0.15) is 0 Å². The number of fused-ring (bicyclic) bond motifs is 1. The van der Waals surface area contributed by atoms with Crippen LogP contribution in [0.1, 0.15) is 0 Å². The smallest absolute Gasteiger partial charge is 0.0974 e. The number of pyridine rings is 1. The van der Waals surface area contributed by atoms with Gasteiger partial charge in [0, 0.05) is 17.7 Å². The van der Waals surface area contributed by atoms with Crippen molar-refractivity contribution in [2.24, 2.45) is 0 Å². The van der Waals surface area contributed by atoms with Crippen LogP contribution in [0.15, 0.2) is 65.7 Å². The van der Waals surface area contributed by atoms with Crippen LogP contribution in [0.4, 0.5) is 0 Å². The highest BCUT2D eigenvalue weighted by molar-refractivity contribution is 7.99. The third-order valence-electron chi connectivity index (χ3n) is 3.57. The van der Waals surface area contributed by atoms with Gasteiger partial charge in [-0.15, -0.1) is 24.2 Å². The number of thioether (sulfide) groups is 1. The zero-order chi connectivity index (χ0) is 15.4. The van der Waals surface area contributed by atoms with Crippen molar-refractivity contribution in [2.75, 3.05) is 26.4 Å². The second-order valence-corrected chi connectivity index (χ2v) is 6.66. The van der Waals surface area contributed by atoms with Crippen molar-refractivity contribution in [2.45, 2.75) is 5.03 Å². The van der Waals surface area contributed by atoms with Gasteiger partial charge >= 0.3 is 0 Å². The lowest BCUT2D eigenvalue weighted by Gasteiger charge is -2.11. The van der Waals surface area contributed by atoms with E-state index in [0.29, 0.717) is 0 Å². The molecule has 0 fully saturated rings. The Morgan fingerprint density at radius 2 is 1.65 bits per heavy atom. The molecule has 0 radical (unpaired) electrons. The first-order valence-corrected chi connectivity index (χ1v) is 8.45. The second-order valence-electron chi connectivity index (χ2n) is 5.54. The molecule has 0 bridgehead atoms. The number of halogens is 1. The molecule has 0 N–H and O–H groups in total. The summed E-state index contributed by atoms with van der Waals surface area (Å²) in [7, 11) is 4.20. The van der Waals surface area contributed by atoms with Gasteiger partial charge in [-0.25, -0.2) is 4.98 Å². The molecule has 2 aromatic carbocycles. The molecular weight excluding hydrogens is 324 g/mol. The van der Waals surface area contributed by atoms with Crippen LogP contribution in [0.5, 0.6) is 0 Å². The van der Waals surface area contributed by atoms with Gasteiger partial charge in [-0.3, -0.25) is 0 Å². The second kappa shape index (κ2) is 8.34. The predicted octanol–water partition coefficient (Wildman–Crippen LogP) is 4.98. The van der Waals surface area contributed by atoms with Crippen molar-refractivity contribution in [3.63, 3.8) is 0 Å². The zero-order valence-corrected chi connectivity index (χ0v) is 15.0. The number of para-hydroxylation sites is 1. The number of hydrogen-bond donors (Lipinski definition) is 0. The lowest BCUT2D eigenvalue weighted by molar-refractivity contribution is 0.437. The minimum Gasteiger partial charge on any atom is -0.309 e. The van der Waals surface area contributed by atoms with E-state index in [4.69, 9.17) is 4.98 Å². The lowest BCUT2D eigenvalue weighted by Crippen LogP contribution is -2.14. The van der Waals surface area contributed by atoms with Gasteiger partial charge in [0.05, 0.1) is 10.5 Å². The Morgan fingerprint density at radius 3 is 2.39 bits per heavy atom. The van der Waals surface area contributed by atoms with E-state index < -0.39 is 0 Å². The molecule has 120 valence electrons. The molecule has 0 aliphatic rings. The molecule has 3 aromatic rings. The fourth-order valence-corrected chi connectivity index (χ4v) is 3.44. The van der Waals surface area contributed by atoms with Gasteiger partial charge in [0.15, 0.2) is 0 Å². The topological polar surface area (TPSA) is 16.1 Å². The van der Waals surface area contributed by atoms with Gasteiger partial charge < -0.3 is 4.90 Å². The summed E-state index contributed by atoms with van der Waals surface area (Å²) in [6.07, 6.45) is 0. The minimum atomic E-state index is 0. The first kappa shape index (κ1) is 17.8. The highest BCUT2D eigenvalue weighted by atomic mass is 35.5. The molecule has 0 atom stereocenters. The van der Waals surface area contributed by atoms with Gasteiger partial charge in [0.2, 0.25) is 0 Å². The monoisotopic (exact) mass is 344 g/mol. The van der Waals surface area contributed by atoms with Crippen LogP contribution in [-0.4, -0.2) is 36.3 Å². The molecule has 0 aliphatic carbocycles. The van der Waals surface area contributed by atoms with E-state index in [1.165, 1.54) is 16.5 Å². The average molecular weight is 345 g/mol. The first-order valence-electron chi connectivity index (χ1n) is 7.47. The maximum atomic E-state index is 4.80. The van der Waals surface area contributed by atoms with Gasteiger partial charge in [-0.05, 0) is 37.4 Å². The first-order chi connectivity index (χ1) is 10.7. The van der Waals surface area contributed by atoms with Crippen molar-refractivity contribution in [3.8, 4) is 11.1 Å². The third kappa shape index (κ3) is 4.47. The molecule has 0 aliphatic heterocycles. The SMILES string of the molecule is CN(C)CCSc1cc(-c2ccccc2)c2ccccc2n1.Cl. The summed E-state index contributed by atoms with van der Waals surface area (Å²) in [6, 6.07) is 21.2. The summed E-state index contributed by atoms with van der Waals surface area (Å²) >= 11 is 1.82. The average Bonchev–Trinajstić information content (AvgIpc) is 2.54. The summed E-state index contributed by atoms with van der Waals surface area (Å²) in [5.74, 6) is 1.05. The number of rotatable bonds is 5. The van der Waals surface area contributed by atoms with Crippen molar-refractivity contribution < 1.29 is 0 Å². The highest BCUT2D eigenvalue weighted by Gasteiger charge is 2.08. The van der Waals surface area contributed by atoms with Crippen LogP contribution in [0, 0.1) is 0 Å². The van der Waals surface area contributed by atoms with Crippen LogP contribution in [0.25, 0.3) is 22.0 Å². The molecule has 0 saturated heterocycles. The van der Waals surface area contributed by atoms with Gasteiger partial charge in [-0.1, -0.05) is 48.5 Å². The summed E-state index contributed by atoms with van der Waals surface area (Å²) in [4.78, 5) is 7.00. The van der Waals surface area contributed by atoms with Crippen LogP contribution >= 0.6 is 24.2 Å². The van der Waals surface area contributed by atoms with Crippen molar-refractivity contribution in [3.05, 3.63) is 60.7 Å². The Balaban J connectivity index is 0.00000192. The molecule has 0 unspecified atom stereocenters. The summed E-state index contributed by atoms with van der Waals surface area (Å²) in [6.45, 7) is 1.06. The fourth-order valence-electron chi connectivity index (χ4n) is 2.41. The van der Waals surface area contributed by atoms with Crippen LogP contribution in [0.3, 0.4) is 0 Å². The Labute approximate surface area is 148 Å². The molecule has 0 spiro atoms. The molecule has 3 rings (SSSR count). The van der Waals surface area contributed by atoms with Crippen LogP contribution in [-0.2, 0) is 0 Å². The maximum absolute atomic E-state index is 4.80. The summed E-state index contributed by atoms with van der Waals surface area (Å²) in [5.41, 5.74) is 3.57. The molecule has 4 heteroatoms. The molecule has 1 aromatic heterocycles. The number of hydrogen-bond acceptors (Lipinski definition) is 3. The Kier molecular flexibility index (Phi) is 6.46. The van der Waals surface area contributed by atoms with E-state index in [9.17, 15) is 0 Å². The molecule has 23 heavy (non-hydrogen) atoms. The predicted molar refractivity (Wildman–Crippen MR) is 104 cm³/mol.